The molecule has 0 heterocycles. The lowest BCUT2D eigenvalue weighted by atomic mass is 9.65. The molecular formula is C23H31NO. The third-order valence-corrected chi connectivity index (χ3v) is 6.84. The van der Waals surface area contributed by atoms with E-state index in [1.165, 1.54) is 44.1 Å². The highest BCUT2D eigenvalue weighted by Gasteiger charge is 2.37. The summed E-state index contributed by atoms with van der Waals surface area (Å²) in [7, 11) is 0. The van der Waals surface area contributed by atoms with Crippen molar-refractivity contribution in [3.8, 4) is 0 Å². The molecule has 2 fully saturated rings. The van der Waals surface area contributed by atoms with Gasteiger partial charge in [0.05, 0.1) is 0 Å². The van der Waals surface area contributed by atoms with Crippen LogP contribution in [0.5, 0.6) is 0 Å². The lowest BCUT2D eigenvalue weighted by Crippen LogP contribution is -2.46. The predicted octanol–water partition coefficient (Wildman–Crippen LogP) is 5.13. The van der Waals surface area contributed by atoms with Crippen molar-refractivity contribution in [2.75, 3.05) is 0 Å². The quantitative estimate of drug-likeness (QED) is 0.814. The Balaban J connectivity index is 1.49. The number of benzene rings is 1. The zero-order valence-electron chi connectivity index (χ0n) is 15.5. The SMILES string of the molecule is CCC1CC2CCC(NC(=O)C3=CCCCc4ccccc43)C(C1)C2. The van der Waals surface area contributed by atoms with E-state index in [1.54, 1.807) is 0 Å². The van der Waals surface area contributed by atoms with Crippen LogP contribution in [0.25, 0.3) is 5.57 Å². The van der Waals surface area contributed by atoms with E-state index in [1.807, 2.05) is 0 Å². The Hall–Kier alpha value is -1.57. The maximum atomic E-state index is 13.1. The van der Waals surface area contributed by atoms with Gasteiger partial charge in [0.15, 0.2) is 0 Å². The molecule has 1 aromatic rings. The Bertz CT molecular complexity index is 662. The van der Waals surface area contributed by atoms with Gasteiger partial charge in [-0.3, -0.25) is 4.79 Å². The molecule has 2 nitrogen and oxygen atoms in total. The third kappa shape index (κ3) is 3.54. The maximum Gasteiger partial charge on any atom is 0.251 e. The van der Waals surface area contributed by atoms with Gasteiger partial charge in [-0.25, -0.2) is 0 Å². The normalized spacial score (nSPS) is 31.5. The summed E-state index contributed by atoms with van der Waals surface area (Å²) in [4.78, 5) is 13.1. The molecule has 0 radical (unpaired) electrons. The Morgan fingerprint density at radius 2 is 2.04 bits per heavy atom. The molecule has 0 spiro atoms. The molecule has 1 amide bonds. The summed E-state index contributed by atoms with van der Waals surface area (Å²) in [5, 5.41) is 3.45. The minimum Gasteiger partial charge on any atom is -0.349 e. The fourth-order valence-electron chi connectivity index (χ4n) is 5.47. The fraction of sp³-hybridized carbons (Fsp3) is 0.609. The average Bonchev–Trinajstić information content (AvgIpc) is 2.86. The van der Waals surface area contributed by atoms with Crippen LogP contribution in [0.15, 0.2) is 30.3 Å². The van der Waals surface area contributed by atoms with Crippen molar-refractivity contribution in [3.05, 3.63) is 41.5 Å². The van der Waals surface area contributed by atoms with E-state index in [2.05, 4.69) is 42.6 Å². The van der Waals surface area contributed by atoms with Crippen molar-refractivity contribution < 1.29 is 4.79 Å². The Kier molecular flexibility index (Phi) is 4.96. The Morgan fingerprint density at radius 3 is 2.92 bits per heavy atom. The van der Waals surface area contributed by atoms with Gasteiger partial charge in [-0.15, -0.1) is 0 Å². The zero-order chi connectivity index (χ0) is 17.2. The minimum atomic E-state index is 0.163. The number of carbonyl (C=O) groups is 1. The first-order valence-electron chi connectivity index (χ1n) is 10.3. The molecule has 4 unspecified atom stereocenters. The molecule has 2 bridgehead atoms. The van der Waals surface area contributed by atoms with Crippen molar-refractivity contribution in [1.82, 2.24) is 5.32 Å². The van der Waals surface area contributed by atoms with Crippen LogP contribution in [0.2, 0.25) is 0 Å². The number of rotatable bonds is 3. The second-order valence-electron chi connectivity index (χ2n) is 8.43. The molecule has 1 aromatic carbocycles. The molecule has 25 heavy (non-hydrogen) atoms. The first-order chi connectivity index (χ1) is 12.2. The van der Waals surface area contributed by atoms with E-state index in [-0.39, 0.29) is 5.91 Å². The van der Waals surface area contributed by atoms with Crippen LogP contribution in [0.1, 0.15) is 69.4 Å². The first kappa shape index (κ1) is 16.9. The van der Waals surface area contributed by atoms with E-state index in [0.29, 0.717) is 12.0 Å². The van der Waals surface area contributed by atoms with Crippen molar-refractivity contribution in [3.63, 3.8) is 0 Å². The van der Waals surface area contributed by atoms with Gasteiger partial charge in [0.25, 0.3) is 5.91 Å². The number of aryl methyl sites for hydroxylation is 1. The van der Waals surface area contributed by atoms with Crippen molar-refractivity contribution >= 4 is 11.5 Å². The van der Waals surface area contributed by atoms with E-state index in [0.717, 1.165) is 42.2 Å². The van der Waals surface area contributed by atoms with Crippen LogP contribution in [0, 0.1) is 17.8 Å². The lowest BCUT2D eigenvalue weighted by molar-refractivity contribution is -0.117. The molecule has 3 aliphatic carbocycles. The second kappa shape index (κ2) is 7.35. The number of fused-ring (bicyclic) bond motifs is 3. The smallest absolute Gasteiger partial charge is 0.251 e. The molecule has 0 saturated heterocycles. The summed E-state index contributed by atoms with van der Waals surface area (Å²) >= 11 is 0. The Labute approximate surface area is 152 Å². The minimum absolute atomic E-state index is 0.163. The third-order valence-electron chi connectivity index (χ3n) is 6.84. The number of hydrogen-bond acceptors (Lipinski definition) is 1. The standard InChI is InChI=1S/C23H31NO/c1-2-16-13-17-11-12-22(19(14-16)15-17)24-23(25)21-10-6-4-8-18-7-3-5-9-20(18)21/h3,5,7,9-10,16-17,19,22H,2,4,6,8,11-15H2,1H3,(H,24,25). The topological polar surface area (TPSA) is 29.1 Å². The zero-order valence-corrected chi connectivity index (χ0v) is 15.5. The van der Waals surface area contributed by atoms with E-state index >= 15 is 0 Å². The van der Waals surface area contributed by atoms with E-state index < -0.39 is 0 Å². The summed E-state index contributed by atoms with van der Waals surface area (Å²) in [6.07, 6.45) is 13.2. The molecule has 4 atom stereocenters. The van der Waals surface area contributed by atoms with Gasteiger partial charge < -0.3 is 5.32 Å². The summed E-state index contributed by atoms with van der Waals surface area (Å²) in [6.45, 7) is 2.33. The maximum absolute atomic E-state index is 13.1. The van der Waals surface area contributed by atoms with Gasteiger partial charge in [0.1, 0.15) is 0 Å². The largest absolute Gasteiger partial charge is 0.349 e. The monoisotopic (exact) mass is 337 g/mol. The lowest BCUT2D eigenvalue weighted by Gasteiger charge is -2.43. The van der Waals surface area contributed by atoms with Gasteiger partial charge in [0.2, 0.25) is 0 Å². The van der Waals surface area contributed by atoms with E-state index in [9.17, 15) is 4.79 Å². The molecule has 0 aromatic heterocycles. The van der Waals surface area contributed by atoms with Gasteiger partial charge in [0, 0.05) is 11.6 Å². The number of nitrogens with one attached hydrogen (secondary N) is 1. The van der Waals surface area contributed by atoms with Gasteiger partial charge in [-0.05, 0) is 80.2 Å². The van der Waals surface area contributed by atoms with Crippen LogP contribution in [-0.4, -0.2) is 11.9 Å². The molecule has 2 saturated carbocycles. The molecule has 134 valence electrons. The summed E-state index contributed by atoms with van der Waals surface area (Å²) < 4.78 is 0. The molecule has 4 rings (SSSR count). The van der Waals surface area contributed by atoms with Gasteiger partial charge in [-0.2, -0.15) is 0 Å². The highest BCUT2D eigenvalue weighted by molar-refractivity contribution is 6.20. The van der Waals surface area contributed by atoms with Gasteiger partial charge >= 0.3 is 0 Å². The summed E-state index contributed by atoms with van der Waals surface area (Å²) in [6, 6.07) is 8.84. The van der Waals surface area contributed by atoms with Gasteiger partial charge in [-0.1, -0.05) is 43.7 Å². The van der Waals surface area contributed by atoms with Crippen LogP contribution < -0.4 is 5.32 Å². The Morgan fingerprint density at radius 1 is 1.16 bits per heavy atom. The van der Waals surface area contributed by atoms with Crippen LogP contribution in [0.4, 0.5) is 0 Å². The average molecular weight is 338 g/mol. The number of hydrogen-bond donors (Lipinski definition) is 1. The summed E-state index contributed by atoms with van der Waals surface area (Å²) in [5.74, 6) is 2.65. The van der Waals surface area contributed by atoms with Crippen LogP contribution >= 0.6 is 0 Å². The highest BCUT2D eigenvalue weighted by Crippen LogP contribution is 2.43. The van der Waals surface area contributed by atoms with Crippen LogP contribution in [-0.2, 0) is 11.2 Å². The molecule has 1 N–H and O–H groups in total. The molecular weight excluding hydrogens is 306 g/mol. The molecule has 2 heteroatoms. The van der Waals surface area contributed by atoms with E-state index in [4.69, 9.17) is 0 Å². The van der Waals surface area contributed by atoms with Crippen LogP contribution in [0.3, 0.4) is 0 Å². The highest BCUT2D eigenvalue weighted by atomic mass is 16.1. The van der Waals surface area contributed by atoms with Crippen molar-refractivity contribution in [1.29, 1.82) is 0 Å². The number of carbonyl (C=O) groups excluding carboxylic acids is 1. The van der Waals surface area contributed by atoms with Crippen molar-refractivity contribution in [2.45, 2.75) is 70.8 Å². The predicted molar refractivity (Wildman–Crippen MR) is 103 cm³/mol. The number of allylic oxidation sites excluding steroid dienone is 1. The first-order valence-corrected chi connectivity index (χ1v) is 10.3. The molecule has 3 aliphatic rings. The summed E-state index contributed by atoms with van der Waals surface area (Å²) in [5.41, 5.74) is 3.40. The molecule has 0 aliphatic heterocycles. The fourth-order valence-corrected chi connectivity index (χ4v) is 5.47. The van der Waals surface area contributed by atoms with Crippen molar-refractivity contribution in [2.24, 2.45) is 17.8 Å². The second-order valence-corrected chi connectivity index (χ2v) is 8.43. The number of amides is 1.